The Kier molecular flexibility index (Phi) is 6.74. The molecule has 0 fully saturated rings. The van der Waals surface area contributed by atoms with Crippen LogP contribution < -0.4 is 5.32 Å². The van der Waals surface area contributed by atoms with Gasteiger partial charge in [0.15, 0.2) is 11.0 Å². The Balaban J connectivity index is 1.49. The lowest BCUT2D eigenvalue weighted by Gasteiger charge is -2.12. The van der Waals surface area contributed by atoms with E-state index in [2.05, 4.69) is 32.6 Å². The summed E-state index contributed by atoms with van der Waals surface area (Å²) in [6, 6.07) is 23.9. The Morgan fingerprint density at radius 2 is 1.74 bits per heavy atom. The molecule has 0 saturated heterocycles. The minimum atomic E-state index is -0.0281. The standard InChI is InChI=1S/C24H23N5OS/c1-18-9-5-6-13-21(18)29-23(20-12-7-8-15-25-20)27-28-24(29)31-17-22(30)26-16-14-19-10-3-2-4-11-19/h2-13,15H,14,16-17H2,1H3,(H,26,30). The first kappa shape index (κ1) is 20.8. The van der Waals surface area contributed by atoms with Gasteiger partial charge in [0.2, 0.25) is 5.91 Å². The Morgan fingerprint density at radius 1 is 0.968 bits per heavy atom. The van der Waals surface area contributed by atoms with Gasteiger partial charge in [0.1, 0.15) is 5.69 Å². The topological polar surface area (TPSA) is 72.7 Å². The van der Waals surface area contributed by atoms with Gasteiger partial charge in [0.25, 0.3) is 0 Å². The first-order chi connectivity index (χ1) is 15.2. The number of aryl methyl sites for hydroxylation is 1. The summed E-state index contributed by atoms with van der Waals surface area (Å²) in [6.45, 7) is 2.65. The van der Waals surface area contributed by atoms with Gasteiger partial charge in [-0.2, -0.15) is 0 Å². The molecule has 1 N–H and O–H groups in total. The SMILES string of the molecule is Cc1ccccc1-n1c(SCC(=O)NCCc2ccccc2)nnc1-c1ccccn1. The largest absolute Gasteiger partial charge is 0.355 e. The number of thioether (sulfide) groups is 1. The van der Waals surface area contributed by atoms with Crippen molar-refractivity contribution in [3.05, 3.63) is 90.1 Å². The molecule has 7 heteroatoms. The lowest BCUT2D eigenvalue weighted by molar-refractivity contribution is -0.118. The third-order valence-electron chi connectivity index (χ3n) is 4.79. The molecular formula is C24H23N5OS. The highest BCUT2D eigenvalue weighted by molar-refractivity contribution is 7.99. The number of amides is 1. The summed E-state index contributed by atoms with van der Waals surface area (Å²) < 4.78 is 1.97. The van der Waals surface area contributed by atoms with Crippen LogP contribution >= 0.6 is 11.8 Å². The molecule has 4 rings (SSSR count). The zero-order chi connectivity index (χ0) is 21.5. The predicted molar refractivity (Wildman–Crippen MR) is 123 cm³/mol. The van der Waals surface area contributed by atoms with Gasteiger partial charge >= 0.3 is 0 Å². The molecule has 0 aliphatic heterocycles. The lowest BCUT2D eigenvalue weighted by Crippen LogP contribution is -2.27. The van der Waals surface area contributed by atoms with Crippen molar-refractivity contribution in [3.63, 3.8) is 0 Å². The van der Waals surface area contributed by atoms with E-state index < -0.39 is 0 Å². The molecule has 2 heterocycles. The number of benzene rings is 2. The number of aromatic nitrogens is 4. The van der Waals surface area contributed by atoms with Gasteiger partial charge < -0.3 is 5.32 Å². The molecule has 156 valence electrons. The number of nitrogens with zero attached hydrogens (tertiary/aromatic N) is 4. The summed E-state index contributed by atoms with van der Waals surface area (Å²) in [4.78, 5) is 16.8. The van der Waals surface area contributed by atoms with E-state index in [1.165, 1.54) is 17.3 Å². The minimum Gasteiger partial charge on any atom is -0.355 e. The fourth-order valence-electron chi connectivity index (χ4n) is 3.23. The quantitative estimate of drug-likeness (QED) is 0.427. The minimum absolute atomic E-state index is 0.0281. The summed E-state index contributed by atoms with van der Waals surface area (Å²) in [5, 5.41) is 12.4. The van der Waals surface area contributed by atoms with Crippen LogP contribution in [-0.2, 0) is 11.2 Å². The number of hydrogen-bond acceptors (Lipinski definition) is 5. The van der Waals surface area contributed by atoms with Crippen molar-refractivity contribution < 1.29 is 4.79 Å². The van der Waals surface area contributed by atoms with Crippen LogP contribution in [-0.4, -0.2) is 38.0 Å². The van der Waals surface area contributed by atoms with Crippen LogP contribution in [0.1, 0.15) is 11.1 Å². The summed E-state index contributed by atoms with van der Waals surface area (Å²) in [6.07, 6.45) is 2.54. The molecule has 6 nitrogen and oxygen atoms in total. The number of hydrogen-bond donors (Lipinski definition) is 1. The Labute approximate surface area is 185 Å². The smallest absolute Gasteiger partial charge is 0.230 e. The molecule has 31 heavy (non-hydrogen) atoms. The van der Waals surface area contributed by atoms with Crippen molar-refractivity contribution in [2.24, 2.45) is 0 Å². The van der Waals surface area contributed by atoms with Crippen molar-refractivity contribution in [2.75, 3.05) is 12.3 Å². The highest BCUT2D eigenvalue weighted by Gasteiger charge is 2.19. The highest BCUT2D eigenvalue weighted by Crippen LogP contribution is 2.28. The predicted octanol–water partition coefficient (Wildman–Crippen LogP) is 4.09. The third-order valence-corrected chi connectivity index (χ3v) is 5.72. The molecule has 2 aromatic heterocycles. The molecule has 0 aliphatic rings. The second kappa shape index (κ2) is 10.0. The van der Waals surface area contributed by atoms with Crippen LogP contribution in [0.25, 0.3) is 17.2 Å². The molecular weight excluding hydrogens is 406 g/mol. The van der Waals surface area contributed by atoms with Crippen LogP contribution in [0.15, 0.2) is 84.1 Å². The monoisotopic (exact) mass is 429 g/mol. The maximum atomic E-state index is 12.4. The molecule has 0 saturated carbocycles. The normalized spacial score (nSPS) is 10.7. The van der Waals surface area contributed by atoms with E-state index in [-0.39, 0.29) is 11.7 Å². The number of carbonyl (C=O) groups excluding carboxylic acids is 1. The number of rotatable bonds is 8. The van der Waals surface area contributed by atoms with E-state index in [1.54, 1.807) is 6.20 Å². The fraction of sp³-hybridized carbons (Fsp3) is 0.167. The van der Waals surface area contributed by atoms with Gasteiger partial charge in [-0.25, -0.2) is 0 Å². The number of nitrogens with one attached hydrogen (secondary N) is 1. The molecule has 4 aromatic rings. The van der Waals surface area contributed by atoms with Crippen molar-refractivity contribution in [3.8, 4) is 17.2 Å². The first-order valence-corrected chi connectivity index (χ1v) is 11.1. The second-order valence-electron chi connectivity index (χ2n) is 7.02. The maximum Gasteiger partial charge on any atom is 0.230 e. The van der Waals surface area contributed by atoms with Crippen LogP contribution in [0.3, 0.4) is 0 Å². The van der Waals surface area contributed by atoms with Crippen LogP contribution in [0.2, 0.25) is 0 Å². The lowest BCUT2D eigenvalue weighted by atomic mass is 10.1. The van der Waals surface area contributed by atoms with Gasteiger partial charge in [0.05, 0.1) is 11.4 Å². The zero-order valence-corrected chi connectivity index (χ0v) is 18.0. The fourth-order valence-corrected chi connectivity index (χ4v) is 4.00. The average molecular weight is 430 g/mol. The van der Waals surface area contributed by atoms with E-state index in [4.69, 9.17) is 0 Å². The second-order valence-corrected chi connectivity index (χ2v) is 7.96. The van der Waals surface area contributed by atoms with Gasteiger partial charge in [-0.05, 0) is 42.7 Å². The molecule has 0 spiro atoms. The summed E-state index contributed by atoms with van der Waals surface area (Å²) in [5.74, 6) is 0.891. The molecule has 0 bridgehead atoms. The van der Waals surface area contributed by atoms with Crippen molar-refractivity contribution in [2.45, 2.75) is 18.5 Å². The van der Waals surface area contributed by atoms with Crippen LogP contribution in [0.4, 0.5) is 0 Å². The van der Waals surface area contributed by atoms with E-state index in [1.807, 2.05) is 72.2 Å². The third kappa shape index (κ3) is 5.19. The Hall–Kier alpha value is -3.45. The van der Waals surface area contributed by atoms with Crippen LogP contribution in [0, 0.1) is 6.92 Å². The summed E-state index contributed by atoms with van der Waals surface area (Å²) >= 11 is 1.37. The van der Waals surface area contributed by atoms with E-state index in [9.17, 15) is 4.79 Å². The van der Waals surface area contributed by atoms with Gasteiger partial charge in [-0.15, -0.1) is 10.2 Å². The number of pyridine rings is 1. The van der Waals surface area contributed by atoms with Crippen molar-refractivity contribution in [1.29, 1.82) is 0 Å². The Bertz CT molecular complexity index is 1150. The molecule has 0 aliphatic carbocycles. The highest BCUT2D eigenvalue weighted by atomic mass is 32.2. The number of para-hydroxylation sites is 1. The Morgan fingerprint density at radius 3 is 2.52 bits per heavy atom. The van der Waals surface area contributed by atoms with Gasteiger partial charge in [-0.3, -0.25) is 14.3 Å². The van der Waals surface area contributed by atoms with Crippen LogP contribution in [0.5, 0.6) is 0 Å². The number of carbonyl (C=O) groups is 1. The molecule has 1 amide bonds. The molecule has 0 radical (unpaired) electrons. The molecule has 0 atom stereocenters. The summed E-state index contributed by atoms with van der Waals surface area (Å²) in [7, 11) is 0. The zero-order valence-electron chi connectivity index (χ0n) is 17.2. The average Bonchev–Trinajstić information content (AvgIpc) is 3.23. The first-order valence-electron chi connectivity index (χ1n) is 10.1. The molecule has 2 aromatic carbocycles. The van der Waals surface area contributed by atoms with Crippen molar-refractivity contribution in [1.82, 2.24) is 25.1 Å². The van der Waals surface area contributed by atoms with E-state index in [0.717, 1.165) is 23.4 Å². The molecule has 0 unspecified atom stereocenters. The van der Waals surface area contributed by atoms with E-state index in [0.29, 0.717) is 17.5 Å². The van der Waals surface area contributed by atoms with Gasteiger partial charge in [0, 0.05) is 12.7 Å². The maximum absolute atomic E-state index is 12.4. The van der Waals surface area contributed by atoms with E-state index >= 15 is 0 Å². The summed E-state index contributed by atoms with van der Waals surface area (Å²) in [5.41, 5.74) is 4.00. The van der Waals surface area contributed by atoms with Crippen molar-refractivity contribution >= 4 is 17.7 Å². The van der Waals surface area contributed by atoms with Gasteiger partial charge in [-0.1, -0.05) is 66.4 Å².